The average Bonchev–Trinajstić information content (AvgIpc) is 3.98. The van der Waals surface area contributed by atoms with Gasteiger partial charge in [-0.1, -0.05) is 12.1 Å². The van der Waals surface area contributed by atoms with E-state index in [9.17, 15) is 33.1 Å². The van der Waals surface area contributed by atoms with Crippen molar-refractivity contribution in [3.05, 3.63) is 70.2 Å². The van der Waals surface area contributed by atoms with Crippen molar-refractivity contribution >= 4 is 45.9 Å². The van der Waals surface area contributed by atoms with Crippen LogP contribution in [0, 0.1) is 5.92 Å². The van der Waals surface area contributed by atoms with Crippen molar-refractivity contribution in [2.45, 2.75) is 108 Å². The first-order valence-electron chi connectivity index (χ1n) is 22.3. The van der Waals surface area contributed by atoms with Crippen LogP contribution in [0.3, 0.4) is 0 Å². The van der Waals surface area contributed by atoms with Crippen molar-refractivity contribution in [3.63, 3.8) is 0 Å². The Hall–Kier alpha value is -5.53. The van der Waals surface area contributed by atoms with Crippen molar-refractivity contribution in [1.29, 1.82) is 0 Å². The topological polar surface area (TPSA) is 186 Å². The van der Waals surface area contributed by atoms with Crippen LogP contribution < -0.4 is 21.2 Å². The summed E-state index contributed by atoms with van der Waals surface area (Å²) in [7, 11) is 1.72. The van der Waals surface area contributed by atoms with Gasteiger partial charge in [0.1, 0.15) is 17.4 Å². The highest BCUT2D eigenvalue weighted by Crippen LogP contribution is 2.36. The third-order valence-electron chi connectivity index (χ3n) is 13.5. The number of halogens is 2. The lowest BCUT2D eigenvalue weighted by Gasteiger charge is -2.36. The smallest absolute Gasteiger partial charge is 0.329 e. The van der Waals surface area contributed by atoms with E-state index in [2.05, 4.69) is 30.7 Å². The number of para-hydroxylation sites is 1. The van der Waals surface area contributed by atoms with Crippen molar-refractivity contribution in [1.82, 2.24) is 43.7 Å². The number of ether oxygens (including phenoxy) is 1. The molecule has 1 unspecified atom stereocenters. The molecule has 0 bridgehead atoms. The fourth-order valence-electron chi connectivity index (χ4n) is 10.0. The number of amides is 3. The molecular formula is C44H55F2N11O6. The Morgan fingerprint density at radius 1 is 1.00 bits per heavy atom. The van der Waals surface area contributed by atoms with Gasteiger partial charge in [-0.3, -0.25) is 33.5 Å². The van der Waals surface area contributed by atoms with E-state index in [0.717, 1.165) is 82.1 Å². The Morgan fingerprint density at radius 2 is 1.78 bits per heavy atom. The van der Waals surface area contributed by atoms with Gasteiger partial charge in [0.2, 0.25) is 11.8 Å². The molecule has 3 N–H and O–H groups in total. The van der Waals surface area contributed by atoms with Crippen LogP contribution >= 0.6 is 0 Å². The Balaban J connectivity index is 0.729. The minimum absolute atomic E-state index is 0.0197. The molecule has 1 saturated carbocycles. The summed E-state index contributed by atoms with van der Waals surface area (Å²) in [6.07, 6.45) is 10.3. The van der Waals surface area contributed by atoms with Crippen LogP contribution in [-0.4, -0.2) is 113 Å². The molecule has 19 heteroatoms. The fraction of sp³-hybridized carbons (Fsp3) is 0.568. The summed E-state index contributed by atoms with van der Waals surface area (Å²) in [5.74, 6) is -0.195. The van der Waals surface area contributed by atoms with Crippen LogP contribution in [0.1, 0.15) is 111 Å². The molecule has 5 aromatic rings. The molecule has 17 nitrogen and oxygen atoms in total. The number of benzene rings is 1. The third kappa shape index (κ3) is 9.00. The number of fused-ring (bicyclic) bond motifs is 2. The summed E-state index contributed by atoms with van der Waals surface area (Å²) in [6, 6.07) is 6.82. The molecule has 3 saturated heterocycles. The van der Waals surface area contributed by atoms with E-state index in [-0.39, 0.29) is 47.5 Å². The Morgan fingerprint density at radius 3 is 2.52 bits per heavy atom. The number of hydrogen-bond acceptors (Lipinski definition) is 11. The first kappa shape index (κ1) is 42.8. The summed E-state index contributed by atoms with van der Waals surface area (Å²) < 4.78 is 41.1. The van der Waals surface area contributed by atoms with E-state index in [1.165, 1.54) is 21.5 Å². The number of piperidine rings is 3. The lowest BCUT2D eigenvalue weighted by atomic mass is 9.85. The van der Waals surface area contributed by atoms with Crippen molar-refractivity contribution in [3.8, 4) is 0 Å². The number of carbonyl (C=O) groups excluding carboxylic acids is 3. The van der Waals surface area contributed by atoms with Gasteiger partial charge in [0, 0.05) is 65.2 Å². The molecule has 3 amide bonds. The van der Waals surface area contributed by atoms with Gasteiger partial charge in [0.05, 0.1) is 41.2 Å². The predicted molar refractivity (Wildman–Crippen MR) is 229 cm³/mol. The maximum Gasteiger partial charge on any atom is 0.329 e. The van der Waals surface area contributed by atoms with E-state index >= 15 is 0 Å². The number of anilines is 2. The summed E-state index contributed by atoms with van der Waals surface area (Å²) in [4.78, 5) is 60.3. The van der Waals surface area contributed by atoms with Crippen molar-refractivity contribution < 1.29 is 33.0 Å². The van der Waals surface area contributed by atoms with E-state index in [4.69, 9.17) is 4.74 Å². The number of alkyl halides is 2. The van der Waals surface area contributed by atoms with Crippen molar-refractivity contribution in [2.75, 3.05) is 49.5 Å². The van der Waals surface area contributed by atoms with Crippen LogP contribution in [0.4, 0.5) is 20.3 Å². The quantitative estimate of drug-likeness (QED) is 0.111. The normalized spacial score (nSPS) is 22.1. The Kier molecular flexibility index (Phi) is 12.4. The molecule has 1 aliphatic carbocycles. The number of aryl methyl sites for hydroxylation is 2. The molecule has 1 atom stereocenters. The minimum atomic E-state index is -2.87. The number of aromatic nitrogens is 7. The third-order valence-corrected chi connectivity index (χ3v) is 13.5. The summed E-state index contributed by atoms with van der Waals surface area (Å²) >= 11 is 0. The molecule has 63 heavy (non-hydrogen) atoms. The van der Waals surface area contributed by atoms with Gasteiger partial charge >= 0.3 is 5.69 Å². The molecule has 9 rings (SSSR count). The molecule has 0 spiro atoms. The number of aliphatic hydroxyl groups is 1. The zero-order valence-corrected chi connectivity index (χ0v) is 35.5. The zero-order valence-electron chi connectivity index (χ0n) is 35.5. The maximum atomic E-state index is 14.3. The number of likely N-dealkylation sites (tertiary alicyclic amines) is 1. The number of nitrogens with one attached hydrogen (secondary N) is 2. The van der Waals surface area contributed by atoms with Gasteiger partial charge in [-0.2, -0.15) is 10.2 Å². The lowest BCUT2D eigenvalue weighted by molar-refractivity contribution is -0.135. The van der Waals surface area contributed by atoms with Gasteiger partial charge in [-0.25, -0.2) is 23.1 Å². The van der Waals surface area contributed by atoms with Crippen LogP contribution in [0.5, 0.6) is 0 Å². The number of rotatable bonds is 13. The van der Waals surface area contributed by atoms with Gasteiger partial charge in [0.15, 0.2) is 11.3 Å². The standard InChI is InChI=1S/C44H55F2N11O6/c1-52-39-28(4-2-6-34(39)57(44(52)62)35-11-12-37(59)50-43(35)61)5-3-23-63-31-15-18-53(19-16-31)25-27-7-9-29(10-8-27)56-26-33(38(51-56)40(45)46)48-42(60)32-24-47-55-22-17-36(49-41(32)55)54-20-13-30(58)14-21-54/h2,4,6,17,22,24,26-27,29-31,35,40,58H,3,5,7-16,18-21,23,25H2,1H3,(H,48,60)(H,50,59,61)/t27-,29-,35?. The van der Waals surface area contributed by atoms with Crippen LogP contribution in [0.15, 0.2) is 47.7 Å². The second-order valence-electron chi connectivity index (χ2n) is 17.6. The molecule has 0 radical (unpaired) electrons. The molecule has 7 heterocycles. The number of imidazole rings is 1. The zero-order chi connectivity index (χ0) is 43.8. The summed E-state index contributed by atoms with van der Waals surface area (Å²) in [5.41, 5.74) is 2.24. The second kappa shape index (κ2) is 18.3. The molecule has 336 valence electrons. The molecule has 1 aromatic carbocycles. The van der Waals surface area contributed by atoms with Gasteiger partial charge in [0.25, 0.3) is 12.3 Å². The van der Waals surface area contributed by atoms with Crippen LogP contribution in [0.25, 0.3) is 16.7 Å². The number of nitrogens with zero attached hydrogens (tertiary/aromatic N) is 9. The SMILES string of the molecule is Cn1c(=O)n(C2CCC(=O)NC2=O)c2cccc(CCCOC3CCN(C[C@H]4CC[C@H](n5cc(NC(=O)c6cnn7ccc(N8CCC(O)CC8)nc67)c(C(F)F)n5)CC4)CC3)c21. The Bertz CT molecular complexity index is 2530. The number of aliphatic hydroxyl groups excluding tert-OH is 1. The molecule has 4 aliphatic rings. The largest absolute Gasteiger partial charge is 0.393 e. The van der Waals surface area contributed by atoms with Gasteiger partial charge in [-0.05, 0) is 94.2 Å². The molecular weight excluding hydrogens is 817 g/mol. The fourth-order valence-corrected chi connectivity index (χ4v) is 10.0. The van der Waals surface area contributed by atoms with Gasteiger partial charge < -0.3 is 25.0 Å². The molecule has 4 fully saturated rings. The van der Waals surface area contributed by atoms with E-state index < -0.39 is 30.0 Å². The van der Waals surface area contributed by atoms with Gasteiger partial charge in [-0.15, -0.1) is 0 Å². The first-order valence-corrected chi connectivity index (χ1v) is 22.3. The number of imide groups is 1. The van der Waals surface area contributed by atoms with Crippen LogP contribution in [-0.2, 0) is 27.8 Å². The lowest BCUT2D eigenvalue weighted by Crippen LogP contribution is -2.44. The maximum absolute atomic E-state index is 14.3. The highest BCUT2D eigenvalue weighted by atomic mass is 19.3. The Labute approximate surface area is 362 Å². The molecule has 3 aliphatic heterocycles. The summed E-state index contributed by atoms with van der Waals surface area (Å²) in [5, 5.41) is 23.5. The van der Waals surface area contributed by atoms with Crippen molar-refractivity contribution in [2.24, 2.45) is 13.0 Å². The highest BCUT2D eigenvalue weighted by Gasteiger charge is 2.33. The monoisotopic (exact) mass is 871 g/mol. The van der Waals surface area contributed by atoms with E-state index in [0.29, 0.717) is 61.9 Å². The number of hydrogen-bond donors (Lipinski definition) is 3. The van der Waals surface area contributed by atoms with E-state index in [1.54, 1.807) is 28.6 Å². The first-order chi connectivity index (χ1) is 30.5. The highest BCUT2D eigenvalue weighted by molar-refractivity contribution is 6.08. The predicted octanol–water partition coefficient (Wildman–Crippen LogP) is 4.55. The van der Waals surface area contributed by atoms with Crippen LogP contribution in [0.2, 0.25) is 0 Å². The average molecular weight is 872 g/mol. The molecule has 4 aromatic heterocycles. The number of carbonyl (C=O) groups is 3. The van der Waals surface area contributed by atoms with E-state index in [1.807, 2.05) is 23.1 Å². The second-order valence-corrected chi connectivity index (χ2v) is 17.6. The minimum Gasteiger partial charge on any atom is -0.393 e. The summed E-state index contributed by atoms with van der Waals surface area (Å²) in [6.45, 7) is 4.76.